The zero-order valence-corrected chi connectivity index (χ0v) is 19.5. The van der Waals surface area contributed by atoms with E-state index in [1.165, 1.54) is 12.1 Å². The molecule has 0 spiro atoms. The van der Waals surface area contributed by atoms with Crippen molar-refractivity contribution in [3.05, 3.63) is 72.0 Å². The Kier molecular flexibility index (Phi) is 8.07. The van der Waals surface area contributed by atoms with Crippen LogP contribution in [0, 0.1) is 11.7 Å². The highest BCUT2D eigenvalue weighted by atomic mass is 19.1. The summed E-state index contributed by atoms with van der Waals surface area (Å²) in [4.78, 5) is 14.0. The number of hydrogen-bond acceptors (Lipinski definition) is 6. The molecule has 0 amide bonds. The van der Waals surface area contributed by atoms with Gasteiger partial charge in [0.2, 0.25) is 0 Å². The van der Waals surface area contributed by atoms with E-state index in [1.54, 1.807) is 31.2 Å². The molecule has 0 radical (unpaired) electrons. The predicted molar refractivity (Wildman–Crippen MR) is 129 cm³/mol. The van der Waals surface area contributed by atoms with Gasteiger partial charge in [-0.3, -0.25) is 0 Å². The van der Waals surface area contributed by atoms with E-state index in [1.807, 2.05) is 24.3 Å². The summed E-state index contributed by atoms with van der Waals surface area (Å²) in [6, 6.07) is 17.3. The Labute approximate surface area is 199 Å². The van der Waals surface area contributed by atoms with Crippen LogP contribution < -0.4 is 9.64 Å². The van der Waals surface area contributed by atoms with Crippen molar-refractivity contribution in [2.24, 2.45) is 5.92 Å². The fourth-order valence-corrected chi connectivity index (χ4v) is 4.18. The number of benzene rings is 2. The molecule has 0 aliphatic carbocycles. The van der Waals surface area contributed by atoms with Crippen LogP contribution in [-0.4, -0.2) is 42.5 Å². The number of anilines is 1. The molecule has 0 atom stereocenters. The van der Waals surface area contributed by atoms with Crippen LogP contribution in [0.5, 0.6) is 5.75 Å². The lowest BCUT2D eigenvalue weighted by Crippen LogP contribution is -2.34. The highest BCUT2D eigenvalue weighted by Crippen LogP contribution is 2.26. The summed E-state index contributed by atoms with van der Waals surface area (Å²) in [7, 11) is 0. The number of aromatic nitrogens is 2. The van der Waals surface area contributed by atoms with Crippen molar-refractivity contribution in [3.8, 4) is 17.0 Å². The van der Waals surface area contributed by atoms with Gasteiger partial charge >= 0.3 is 5.97 Å². The number of piperidine rings is 1. The maximum atomic E-state index is 13.1. The average Bonchev–Trinajstić information content (AvgIpc) is 2.88. The Hall–Kier alpha value is -3.48. The maximum Gasteiger partial charge on any atom is 0.338 e. The van der Waals surface area contributed by atoms with Gasteiger partial charge in [0, 0.05) is 18.7 Å². The van der Waals surface area contributed by atoms with Crippen LogP contribution in [0.15, 0.2) is 60.7 Å². The lowest BCUT2D eigenvalue weighted by Gasteiger charge is -2.32. The third-order valence-corrected chi connectivity index (χ3v) is 6.12. The summed E-state index contributed by atoms with van der Waals surface area (Å²) >= 11 is 0. The van der Waals surface area contributed by atoms with Crippen LogP contribution in [0.25, 0.3) is 11.3 Å². The lowest BCUT2D eigenvalue weighted by molar-refractivity contribution is 0.0526. The van der Waals surface area contributed by atoms with Crippen molar-refractivity contribution in [2.75, 3.05) is 31.2 Å². The van der Waals surface area contributed by atoms with E-state index in [-0.39, 0.29) is 11.8 Å². The lowest BCUT2D eigenvalue weighted by atomic mass is 9.92. The minimum atomic E-state index is -0.310. The first kappa shape index (κ1) is 23.7. The zero-order valence-electron chi connectivity index (χ0n) is 19.5. The second-order valence-electron chi connectivity index (χ2n) is 8.45. The fraction of sp³-hybridized carbons (Fsp3) is 0.370. The first-order valence-corrected chi connectivity index (χ1v) is 11.9. The van der Waals surface area contributed by atoms with Crippen LogP contribution >= 0.6 is 0 Å². The molecule has 0 unspecified atom stereocenters. The van der Waals surface area contributed by atoms with Crippen molar-refractivity contribution < 1.29 is 18.7 Å². The minimum absolute atomic E-state index is 0.257. The van der Waals surface area contributed by atoms with Gasteiger partial charge in [0.1, 0.15) is 11.6 Å². The van der Waals surface area contributed by atoms with Crippen LogP contribution in [0.1, 0.15) is 43.0 Å². The molecule has 0 N–H and O–H groups in total. The monoisotopic (exact) mass is 463 g/mol. The van der Waals surface area contributed by atoms with Gasteiger partial charge in [-0.15, -0.1) is 10.2 Å². The predicted octanol–water partition coefficient (Wildman–Crippen LogP) is 5.54. The van der Waals surface area contributed by atoms with Gasteiger partial charge < -0.3 is 14.4 Å². The first-order valence-electron chi connectivity index (χ1n) is 11.9. The molecule has 2 heterocycles. The third-order valence-electron chi connectivity index (χ3n) is 6.12. The van der Waals surface area contributed by atoms with Gasteiger partial charge in [-0.1, -0.05) is 0 Å². The minimum Gasteiger partial charge on any atom is -0.494 e. The van der Waals surface area contributed by atoms with E-state index in [0.29, 0.717) is 24.7 Å². The van der Waals surface area contributed by atoms with Crippen molar-refractivity contribution in [3.63, 3.8) is 0 Å². The average molecular weight is 464 g/mol. The van der Waals surface area contributed by atoms with Crippen molar-refractivity contribution in [1.82, 2.24) is 10.2 Å². The van der Waals surface area contributed by atoms with Crippen LogP contribution in [0.3, 0.4) is 0 Å². The quantitative estimate of drug-likeness (QED) is 0.307. The second-order valence-corrected chi connectivity index (χ2v) is 8.45. The summed E-state index contributed by atoms with van der Waals surface area (Å²) in [5.74, 6) is 1.77. The van der Waals surface area contributed by atoms with Gasteiger partial charge in [0.15, 0.2) is 5.82 Å². The van der Waals surface area contributed by atoms with Crippen LogP contribution in [0.4, 0.5) is 10.2 Å². The molecule has 1 saturated heterocycles. The zero-order chi connectivity index (χ0) is 23.8. The molecule has 0 saturated carbocycles. The molecule has 7 heteroatoms. The Balaban J connectivity index is 1.17. The molecule has 1 fully saturated rings. The topological polar surface area (TPSA) is 64.6 Å². The molecule has 0 bridgehead atoms. The number of halogens is 1. The van der Waals surface area contributed by atoms with E-state index in [2.05, 4.69) is 15.1 Å². The van der Waals surface area contributed by atoms with E-state index >= 15 is 0 Å². The molecule has 1 aromatic heterocycles. The normalized spacial score (nSPS) is 14.1. The van der Waals surface area contributed by atoms with Gasteiger partial charge in [-0.2, -0.15) is 0 Å². The number of esters is 1. The molecule has 1 aliphatic heterocycles. The Morgan fingerprint density at radius 3 is 2.38 bits per heavy atom. The number of carbonyl (C=O) groups is 1. The maximum absolute atomic E-state index is 13.1. The molecule has 3 aromatic rings. The SMILES string of the molecule is CCOC(=O)c1ccc(OCCCC2CCN(c3ccc(-c4ccc(F)cc4)nn3)CC2)cc1. The smallest absolute Gasteiger partial charge is 0.338 e. The molecule has 2 aromatic carbocycles. The van der Waals surface area contributed by atoms with E-state index in [4.69, 9.17) is 9.47 Å². The Morgan fingerprint density at radius 2 is 1.74 bits per heavy atom. The highest BCUT2D eigenvalue weighted by Gasteiger charge is 2.20. The third kappa shape index (κ3) is 6.31. The molecule has 34 heavy (non-hydrogen) atoms. The second kappa shape index (κ2) is 11.6. The van der Waals surface area contributed by atoms with E-state index in [0.717, 1.165) is 61.6 Å². The summed E-state index contributed by atoms with van der Waals surface area (Å²) < 4.78 is 23.9. The number of carbonyl (C=O) groups excluding carboxylic acids is 1. The molecule has 178 valence electrons. The molecular formula is C27H30FN3O3. The van der Waals surface area contributed by atoms with Crippen molar-refractivity contribution in [2.45, 2.75) is 32.6 Å². The molecule has 6 nitrogen and oxygen atoms in total. The van der Waals surface area contributed by atoms with Gasteiger partial charge in [0.25, 0.3) is 0 Å². The van der Waals surface area contributed by atoms with Gasteiger partial charge in [-0.25, -0.2) is 9.18 Å². The van der Waals surface area contributed by atoms with Gasteiger partial charge in [0.05, 0.1) is 24.5 Å². The van der Waals surface area contributed by atoms with E-state index < -0.39 is 0 Å². The highest BCUT2D eigenvalue weighted by molar-refractivity contribution is 5.89. The molecule has 4 rings (SSSR count). The Bertz CT molecular complexity index is 1050. The standard InChI is InChI=1S/C27H30FN3O3/c1-2-33-27(32)22-7-11-24(12-8-22)34-19-3-4-20-15-17-31(18-16-20)26-14-13-25(29-30-26)21-5-9-23(28)10-6-21/h5-14,20H,2-4,15-19H2,1H3. The fourth-order valence-electron chi connectivity index (χ4n) is 4.18. The van der Waals surface area contributed by atoms with Gasteiger partial charge in [-0.05, 0) is 99.2 Å². The first-order chi connectivity index (χ1) is 16.6. The van der Waals surface area contributed by atoms with Crippen molar-refractivity contribution in [1.29, 1.82) is 0 Å². The summed E-state index contributed by atoms with van der Waals surface area (Å²) in [6.45, 7) is 4.75. The molecule has 1 aliphatic rings. The molecular weight excluding hydrogens is 433 g/mol. The number of hydrogen-bond donors (Lipinski definition) is 0. The summed E-state index contributed by atoms with van der Waals surface area (Å²) in [6.07, 6.45) is 4.37. The number of ether oxygens (including phenoxy) is 2. The number of nitrogens with zero attached hydrogens (tertiary/aromatic N) is 3. The van der Waals surface area contributed by atoms with Crippen LogP contribution in [0.2, 0.25) is 0 Å². The number of rotatable bonds is 9. The van der Waals surface area contributed by atoms with Crippen LogP contribution in [-0.2, 0) is 4.74 Å². The van der Waals surface area contributed by atoms with E-state index in [9.17, 15) is 9.18 Å². The Morgan fingerprint density at radius 1 is 1.00 bits per heavy atom. The largest absolute Gasteiger partial charge is 0.494 e. The summed E-state index contributed by atoms with van der Waals surface area (Å²) in [5, 5.41) is 8.73. The summed E-state index contributed by atoms with van der Waals surface area (Å²) in [5.41, 5.74) is 2.14. The van der Waals surface area contributed by atoms with Crippen molar-refractivity contribution >= 4 is 11.8 Å².